The van der Waals surface area contributed by atoms with E-state index in [2.05, 4.69) is 30.5 Å². The number of benzene rings is 2. The van der Waals surface area contributed by atoms with Gasteiger partial charge >= 0.3 is 6.09 Å². The van der Waals surface area contributed by atoms with Gasteiger partial charge in [0.1, 0.15) is 12.4 Å². The minimum Gasteiger partial charge on any atom is -0.494 e. The number of nitrogen functional groups attached to an aromatic ring is 1. The van der Waals surface area contributed by atoms with Crippen molar-refractivity contribution in [3.63, 3.8) is 0 Å². The molecule has 3 heterocycles. The van der Waals surface area contributed by atoms with Crippen molar-refractivity contribution in [3.05, 3.63) is 90.5 Å². The van der Waals surface area contributed by atoms with Crippen LogP contribution in [0.3, 0.4) is 0 Å². The van der Waals surface area contributed by atoms with E-state index in [4.69, 9.17) is 19.9 Å². The second-order valence-electron chi connectivity index (χ2n) is 9.65. The van der Waals surface area contributed by atoms with Crippen LogP contribution in [0.25, 0.3) is 11.3 Å². The quantitative estimate of drug-likeness (QED) is 0.222. The van der Waals surface area contributed by atoms with Gasteiger partial charge in [-0.2, -0.15) is 0 Å². The van der Waals surface area contributed by atoms with Gasteiger partial charge in [-0.25, -0.2) is 14.8 Å². The Balaban J connectivity index is 1.12. The molecule has 1 saturated heterocycles. The number of hydrogen-bond acceptors (Lipinski definition) is 10. The van der Waals surface area contributed by atoms with Crippen LogP contribution in [-0.4, -0.2) is 66.4 Å². The summed E-state index contributed by atoms with van der Waals surface area (Å²) in [5.41, 5.74) is 9.62. The van der Waals surface area contributed by atoms with Crippen molar-refractivity contribution >= 4 is 29.2 Å². The summed E-state index contributed by atoms with van der Waals surface area (Å²) in [4.78, 5) is 40.1. The first-order valence-corrected chi connectivity index (χ1v) is 13.9. The molecule has 4 N–H and O–H groups in total. The standard InChI is InChI=1S/C31H33N7O5/c32-29-28(30(39)37-26-19-33-13-11-27(26)38-14-17-41-18-15-38)36-25(20-35-29)23-7-9-24(10-8-23)42-16-4-12-34-31(40)43-21-22-5-2-1-3-6-22/h1-3,5-11,13,19-20H,4,12,14-18,21H2,(H2,32,35)(H,34,40)(H,37,39). The second-order valence-corrected chi connectivity index (χ2v) is 9.65. The van der Waals surface area contributed by atoms with Crippen LogP contribution in [0.2, 0.25) is 0 Å². The lowest BCUT2D eigenvalue weighted by Crippen LogP contribution is -2.36. The van der Waals surface area contributed by atoms with Gasteiger partial charge in [-0.05, 0) is 42.3 Å². The number of pyridine rings is 1. The molecule has 43 heavy (non-hydrogen) atoms. The van der Waals surface area contributed by atoms with Crippen molar-refractivity contribution in [1.29, 1.82) is 0 Å². The number of nitrogens with one attached hydrogen (secondary N) is 2. The number of morpholine rings is 1. The normalized spacial score (nSPS) is 12.8. The van der Waals surface area contributed by atoms with Crippen molar-refractivity contribution < 1.29 is 23.8 Å². The predicted octanol–water partition coefficient (Wildman–Crippen LogP) is 3.91. The third-order valence-electron chi connectivity index (χ3n) is 6.64. The van der Waals surface area contributed by atoms with Gasteiger partial charge in [0.2, 0.25) is 0 Å². The zero-order valence-corrected chi connectivity index (χ0v) is 23.6. The number of nitrogens with zero attached hydrogens (tertiary/aromatic N) is 4. The average Bonchev–Trinajstić information content (AvgIpc) is 3.05. The first-order valence-electron chi connectivity index (χ1n) is 13.9. The molecule has 0 atom stereocenters. The Bertz CT molecular complexity index is 1510. The van der Waals surface area contributed by atoms with Crippen LogP contribution < -0.4 is 26.0 Å². The maximum absolute atomic E-state index is 13.2. The molecule has 0 unspecified atom stereocenters. The van der Waals surface area contributed by atoms with E-state index in [0.717, 1.165) is 16.8 Å². The van der Waals surface area contributed by atoms with Crippen molar-refractivity contribution in [1.82, 2.24) is 20.3 Å². The smallest absolute Gasteiger partial charge is 0.407 e. The summed E-state index contributed by atoms with van der Waals surface area (Å²) in [6.07, 6.45) is 4.94. The second kappa shape index (κ2) is 14.6. The largest absolute Gasteiger partial charge is 0.494 e. The minimum atomic E-state index is -0.480. The molecular weight excluding hydrogens is 550 g/mol. The van der Waals surface area contributed by atoms with Crippen LogP contribution in [-0.2, 0) is 16.1 Å². The molecule has 1 aliphatic rings. The van der Waals surface area contributed by atoms with Gasteiger partial charge in [0.05, 0.1) is 49.3 Å². The Morgan fingerprint density at radius 3 is 2.58 bits per heavy atom. The number of rotatable bonds is 11. The molecule has 0 radical (unpaired) electrons. The first kappa shape index (κ1) is 29.3. The van der Waals surface area contributed by atoms with E-state index in [1.54, 1.807) is 24.5 Å². The summed E-state index contributed by atoms with van der Waals surface area (Å²) in [7, 11) is 0. The number of carbonyl (C=O) groups excluding carboxylic acids is 2. The van der Waals surface area contributed by atoms with E-state index in [1.807, 2.05) is 48.5 Å². The van der Waals surface area contributed by atoms with Crippen molar-refractivity contribution in [2.45, 2.75) is 13.0 Å². The molecule has 1 fully saturated rings. The maximum Gasteiger partial charge on any atom is 0.407 e. The third kappa shape index (κ3) is 8.17. The monoisotopic (exact) mass is 583 g/mol. The molecule has 2 aromatic heterocycles. The molecule has 2 aromatic carbocycles. The van der Waals surface area contributed by atoms with Gasteiger partial charge in [-0.1, -0.05) is 30.3 Å². The van der Waals surface area contributed by atoms with Crippen LogP contribution in [0, 0.1) is 0 Å². The number of aromatic nitrogens is 3. The molecule has 0 bridgehead atoms. The van der Waals surface area contributed by atoms with Gasteiger partial charge in [-0.15, -0.1) is 0 Å². The Morgan fingerprint density at radius 2 is 1.79 bits per heavy atom. The summed E-state index contributed by atoms with van der Waals surface area (Å²) in [6, 6.07) is 18.6. The fourth-order valence-electron chi connectivity index (χ4n) is 4.40. The average molecular weight is 584 g/mol. The number of alkyl carbamates (subject to hydrolysis) is 1. The topological polar surface area (TPSA) is 154 Å². The summed E-state index contributed by atoms with van der Waals surface area (Å²) in [5, 5.41) is 5.60. The summed E-state index contributed by atoms with van der Waals surface area (Å²) >= 11 is 0. The number of nitrogens with two attached hydrogens (primary N) is 1. The fraction of sp³-hybridized carbons (Fsp3) is 0.258. The molecular formula is C31H33N7O5. The van der Waals surface area contributed by atoms with Crippen LogP contribution >= 0.6 is 0 Å². The molecule has 2 amide bonds. The lowest BCUT2D eigenvalue weighted by atomic mass is 10.1. The molecule has 5 rings (SSSR count). The highest BCUT2D eigenvalue weighted by Crippen LogP contribution is 2.27. The van der Waals surface area contributed by atoms with Gasteiger partial charge in [0.25, 0.3) is 5.91 Å². The molecule has 0 spiro atoms. The van der Waals surface area contributed by atoms with Crippen molar-refractivity contribution in [3.8, 4) is 17.0 Å². The van der Waals surface area contributed by atoms with E-state index >= 15 is 0 Å². The van der Waals surface area contributed by atoms with Crippen LogP contribution in [0.15, 0.2) is 79.3 Å². The van der Waals surface area contributed by atoms with E-state index in [1.165, 1.54) is 6.20 Å². The zero-order valence-electron chi connectivity index (χ0n) is 23.6. The summed E-state index contributed by atoms with van der Waals surface area (Å²) in [6.45, 7) is 3.71. The lowest BCUT2D eigenvalue weighted by molar-refractivity contribution is 0.102. The number of carbonyl (C=O) groups is 2. The van der Waals surface area contributed by atoms with E-state index < -0.39 is 12.0 Å². The van der Waals surface area contributed by atoms with Crippen molar-refractivity contribution in [2.75, 3.05) is 55.4 Å². The first-order chi connectivity index (χ1) is 21.1. The van der Waals surface area contributed by atoms with Crippen molar-refractivity contribution in [2.24, 2.45) is 0 Å². The van der Waals surface area contributed by atoms with E-state index in [-0.39, 0.29) is 18.1 Å². The molecule has 12 nitrogen and oxygen atoms in total. The SMILES string of the molecule is Nc1ncc(-c2ccc(OCCCNC(=O)OCc3ccccc3)cc2)nc1C(=O)Nc1cnccc1N1CCOCC1. The summed E-state index contributed by atoms with van der Waals surface area (Å²) in [5.74, 6) is 0.200. The highest BCUT2D eigenvalue weighted by molar-refractivity contribution is 6.07. The van der Waals surface area contributed by atoms with E-state index in [0.29, 0.717) is 63.0 Å². The zero-order chi connectivity index (χ0) is 29.9. The number of ether oxygens (including phenoxy) is 3. The molecule has 12 heteroatoms. The Hall–Kier alpha value is -5.23. The lowest BCUT2D eigenvalue weighted by Gasteiger charge is -2.30. The Kier molecular flexibility index (Phi) is 9.94. The predicted molar refractivity (Wildman–Crippen MR) is 162 cm³/mol. The molecule has 0 aliphatic carbocycles. The van der Waals surface area contributed by atoms with Gasteiger partial charge < -0.3 is 35.5 Å². The molecule has 1 aliphatic heterocycles. The summed E-state index contributed by atoms with van der Waals surface area (Å²) < 4.78 is 16.4. The van der Waals surface area contributed by atoms with Crippen LogP contribution in [0.4, 0.5) is 22.0 Å². The molecule has 4 aromatic rings. The van der Waals surface area contributed by atoms with Crippen LogP contribution in [0.1, 0.15) is 22.5 Å². The Labute approximate surface area is 249 Å². The highest BCUT2D eigenvalue weighted by Gasteiger charge is 2.20. The fourth-order valence-corrected chi connectivity index (χ4v) is 4.40. The number of anilines is 3. The van der Waals surface area contributed by atoms with Gasteiger partial charge in [0.15, 0.2) is 11.5 Å². The van der Waals surface area contributed by atoms with Crippen LogP contribution in [0.5, 0.6) is 5.75 Å². The number of hydrogen-bond donors (Lipinski definition) is 3. The molecule has 222 valence electrons. The Morgan fingerprint density at radius 1 is 1.00 bits per heavy atom. The van der Waals surface area contributed by atoms with Gasteiger partial charge in [0, 0.05) is 31.4 Å². The maximum atomic E-state index is 13.2. The third-order valence-corrected chi connectivity index (χ3v) is 6.64. The molecule has 0 saturated carbocycles. The minimum absolute atomic E-state index is 0.0180. The highest BCUT2D eigenvalue weighted by atomic mass is 16.5. The number of amides is 2. The van der Waals surface area contributed by atoms with Gasteiger partial charge in [-0.3, -0.25) is 9.78 Å². The van der Waals surface area contributed by atoms with E-state index in [9.17, 15) is 9.59 Å².